The quantitative estimate of drug-likeness (QED) is 0.281. The summed E-state index contributed by atoms with van der Waals surface area (Å²) in [5.41, 5.74) is 4.39. The van der Waals surface area contributed by atoms with Gasteiger partial charge in [-0.2, -0.15) is 13.2 Å². The Morgan fingerprint density at radius 3 is 2.51 bits per heavy atom. The summed E-state index contributed by atoms with van der Waals surface area (Å²) in [5, 5.41) is 14.2. The molecule has 0 aliphatic carbocycles. The average Bonchev–Trinajstić information content (AvgIpc) is 2.92. The van der Waals surface area contributed by atoms with Gasteiger partial charge < -0.3 is 15.2 Å². The smallest absolute Gasteiger partial charge is 0.401 e. The first-order chi connectivity index (χ1) is 19.7. The van der Waals surface area contributed by atoms with Crippen molar-refractivity contribution in [3.8, 4) is 5.75 Å². The van der Waals surface area contributed by atoms with E-state index in [2.05, 4.69) is 15.2 Å². The topological polar surface area (TPSA) is 60.9 Å². The Morgan fingerprint density at radius 2 is 1.83 bits per heavy atom. The van der Waals surface area contributed by atoms with Gasteiger partial charge in [0.2, 0.25) is 0 Å². The fourth-order valence-electron chi connectivity index (χ4n) is 5.85. The lowest BCUT2D eigenvalue weighted by molar-refractivity contribution is -0.155. The van der Waals surface area contributed by atoms with Gasteiger partial charge in [0.1, 0.15) is 5.75 Å². The number of pyridine rings is 1. The Labute approximate surface area is 238 Å². The highest BCUT2D eigenvalue weighted by Crippen LogP contribution is 2.42. The first kappa shape index (κ1) is 29.3. The van der Waals surface area contributed by atoms with Crippen LogP contribution >= 0.6 is 0 Å². The number of nitrogens with zero attached hydrogens (tertiary/aromatic N) is 3. The molecule has 3 aromatic rings. The number of ether oxygens (including phenoxy) is 1. The van der Waals surface area contributed by atoms with E-state index in [4.69, 9.17) is 4.74 Å². The SMILES string of the molecule is C[C@@H]1Cc2c(ccc(O)c2COCc2ccccc2)[C@@H](c2ccc(NC3CN(CCCF)C3)cn2)N1CC(F)(F)F. The molecule has 0 amide bonds. The van der Waals surface area contributed by atoms with Crippen LogP contribution in [0.5, 0.6) is 5.75 Å². The number of aromatic hydroxyl groups is 1. The molecule has 2 aliphatic heterocycles. The molecule has 1 saturated heterocycles. The van der Waals surface area contributed by atoms with Crippen molar-refractivity contribution in [2.24, 2.45) is 0 Å². The molecule has 3 heterocycles. The van der Waals surface area contributed by atoms with Gasteiger partial charge in [-0.05, 0) is 54.7 Å². The Morgan fingerprint density at radius 1 is 1.05 bits per heavy atom. The van der Waals surface area contributed by atoms with E-state index in [1.807, 2.05) is 36.4 Å². The molecule has 2 aliphatic rings. The molecule has 10 heteroatoms. The van der Waals surface area contributed by atoms with Crippen LogP contribution in [0.2, 0.25) is 0 Å². The second kappa shape index (κ2) is 12.8. The van der Waals surface area contributed by atoms with Gasteiger partial charge in [0.05, 0.1) is 56.1 Å². The van der Waals surface area contributed by atoms with E-state index in [0.717, 1.165) is 36.4 Å². The third-order valence-corrected chi connectivity index (χ3v) is 7.86. The summed E-state index contributed by atoms with van der Waals surface area (Å²) in [6.07, 6.45) is -1.85. The summed E-state index contributed by atoms with van der Waals surface area (Å²) in [6, 6.07) is 15.6. The van der Waals surface area contributed by atoms with Crippen molar-refractivity contribution in [3.05, 3.63) is 88.7 Å². The molecule has 0 spiro atoms. The molecule has 6 nitrogen and oxygen atoms in total. The van der Waals surface area contributed by atoms with Crippen molar-refractivity contribution in [3.63, 3.8) is 0 Å². The minimum Gasteiger partial charge on any atom is -0.508 e. The summed E-state index contributed by atoms with van der Waals surface area (Å²) < 4.78 is 59.6. The van der Waals surface area contributed by atoms with E-state index in [9.17, 15) is 22.7 Å². The lowest BCUT2D eigenvalue weighted by Crippen LogP contribution is -2.54. The second-order valence-electron chi connectivity index (χ2n) is 11.0. The Bertz CT molecular complexity index is 1280. The molecule has 2 atom stereocenters. The molecule has 2 N–H and O–H groups in total. The van der Waals surface area contributed by atoms with Gasteiger partial charge in [0.15, 0.2) is 0 Å². The number of phenols is 1. The summed E-state index contributed by atoms with van der Waals surface area (Å²) in [5.74, 6) is 0.0700. The molecule has 0 saturated carbocycles. The number of hydrogen-bond donors (Lipinski definition) is 2. The number of alkyl halides is 4. The predicted molar refractivity (Wildman–Crippen MR) is 149 cm³/mol. The molecule has 0 radical (unpaired) electrons. The van der Waals surface area contributed by atoms with Crippen LogP contribution in [0.3, 0.4) is 0 Å². The zero-order valence-electron chi connectivity index (χ0n) is 23.1. The van der Waals surface area contributed by atoms with Gasteiger partial charge in [0.25, 0.3) is 0 Å². The molecule has 0 unspecified atom stereocenters. The Kier molecular flexibility index (Phi) is 9.11. The number of fused-ring (bicyclic) bond motifs is 1. The van der Waals surface area contributed by atoms with Gasteiger partial charge in [-0.15, -0.1) is 0 Å². The molecule has 0 bridgehead atoms. The highest BCUT2D eigenvalue weighted by Gasteiger charge is 2.42. The normalized spacial score (nSPS) is 20.0. The van der Waals surface area contributed by atoms with Crippen LogP contribution in [0, 0.1) is 0 Å². The van der Waals surface area contributed by atoms with Crippen molar-refractivity contribution < 1.29 is 27.4 Å². The summed E-state index contributed by atoms with van der Waals surface area (Å²) >= 11 is 0. The zero-order valence-corrected chi connectivity index (χ0v) is 23.1. The van der Waals surface area contributed by atoms with Crippen molar-refractivity contribution in [2.45, 2.75) is 57.3 Å². The number of aromatic nitrogens is 1. The van der Waals surface area contributed by atoms with E-state index >= 15 is 0 Å². The highest BCUT2D eigenvalue weighted by atomic mass is 19.4. The fourth-order valence-corrected chi connectivity index (χ4v) is 5.85. The molecular weight excluding hydrogens is 536 g/mol. The fraction of sp³-hybridized carbons (Fsp3) is 0.452. The van der Waals surface area contributed by atoms with Crippen molar-refractivity contribution in [2.75, 3.05) is 38.2 Å². The van der Waals surface area contributed by atoms with Crippen LogP contribution in [0.4, 0.5) is 23.2 Å². The molecule has 5 rings (SSSR count). The van der Waals surface area contributed by atoms with Gasteiger partial charge in [-0.25, -0.2) is 0 Å². The lowest BCUT2D eigenvalue weighted by Gasteiger charge is -2.43. The van der Waals surface area contributed by atoms with E-state index in [1.54, 1.807) is 25.3 Å². The minimum atomic E-state index is -4.39. The molecule has 220 valence electrons. The molecule has 2 aromatic carbocycles. The number of halogens is 4. The Balaban J connectivity index is 1.38. The number of hydrogen-bond acceptors (Lipinski definition) is 6. The largest absolute Gasteiger partial charge is 0.508 e. The number of nitrogens with one attached hydrogen (secondary N) is 1. The van der Waals surface area contributed by atoms with Crippen molar-refractivity contribution in [1.29, 1.82) is 0 Å². The van der Waals surface area contributed by atoms with Crippen LogP contribution < -0.4 is 5.32 Å². The maximum atomic E-state index is 13.8. The molecule has 1 aromatic heterocycles. The van der Waals surface area contributed by atoms with Crippen molar-refractivity contribution in [1.82, 2.24) is 14.8 Å². The number of anilines is 1. The standard InChI is InChI=1S/C31H36F4N4O2/c1-21-14-26-25(9-11-29(40)27(26)19-41-18-22-6-3-2-4-7-22)30(39(21)20-31(33,34)35)28-10-8-23(15-36-28)37-24-16-38(17-24)13-5-12-32/h2-4,6-11,15,21,24,30,37,40H,5,12-14,16-20H2,1H3/t21-,30+/m1/s1. The van der Waals surface area contributed by atoms with Gasteiger partial charge in [-0.3, -0.25) is 19.2 Å². The third kappa shape index (κ3) is 7.17. The van der Waals surface area contributed by atoms with E-state index in [1.165, 1.54) is 11.0 Å². The average molecular weight is 573 g/mol. The number of rotatable bonds is 11. The number of benzene rings is 2. The summed E-state index contributed by atoms with van der Waals surface area (Å²) in [4.78, 5) is 8.24. The van der Waals surface area contributed by atoms with Crippen LogP contribution in [0.1, 0.15) is 47.3 Å². The van der Waals surface area contributed by atoms with Gasteiger partial charge in [-0.1, -0.05) is 36.4 Å². The maximum Gasteiger partial charge on any atom is 0.401 e. The zero-order chi connectivity index (χ0) is 29.0. The first-order valence-corrected chi connectivity index (χ1v) is 14.0. The van der Waals surface area contributed by atoms with Crippen LogP contribution in [-0.2, 0) is 24.4 Å². The lowest BCUT2D eigenvalue weighted by atomic mass is 9.83. The van der Waals surface area contributed by atoms with Gasteiger partial charge in [0, 0.05) is 31.2 Å². The highest BCUT2D eigenvalue weighted by molar-refractivity contribution is 5.50. The molecule has 1 fully saturated rings. The molecular formula is C31H36F4N4O2. The number of phenolic OH excluding ortho intramolecular Hbond substituents is 1. The van der Waals surface area contributed by atoms with Crippen LogP contribution in [-0.4, -0.2) is 71.0 Å². The van der Waals surface area contributed by atoms with Crippen LogP contribution in [0.25, 0.3) is 0 Å². The minimum absolute atomic E-state index is 0.0700. The van der Waals surface area contributed by atoms with E-state index in [0.29, 0.717) is 36.3 Å². The van der Waals surface area contributed by atoms with E-state index in [-0.39, 0.29) is 25.1 Å². The van der Waals surface area contributed by atoms with Gasteiger partial charge >= 0.3 is 6.18 Å². The van der Waals surface area contributed by atoms with Crippen molar-refractivity contribution >= 4 is 5.69 Å². The predicted octanol–water partition coefficient (Wildman–Crippen LogP) is 5.86. The first-order valence-electron chi connectivity index (χ1n) is 14.0. The summed E-state index contributed by atoms with van der Waals surface area (Å²) in [6.45, 7) is 3.24. The Hall–Kier alpha value is -3.21. The second-order valence-corrected chi connectivity index (χ2v) is 11.0. The maximum absolute atomic E-state index is 13.8. The monoisotopic (exact) mass is 572 g/mol. The van der Waals surface area contributed by atoms with Crippen LogP contribution in [0.15, 0.2) is 60.8 Å². The number of likely N-dealkylation sites (tertiary alicyclic amines) is 1. The molecule has 41 heavy (non-hydrogen) atoms. The summed E-state index contributed by atoms with van der Waals surface area (Å²) in [7, 11) is 0. The van der Waals surface area contributed by atoms with E-state index < -0.39 is 24.8 Å². The third-order valence-electron chi connectivity index (χ3n) is 7.86.